The predicted molar refractivity (Wildman–Crippen MR) is 118 cm³/mol. The Morgan fingerprint density at radius 1 is 1.14 bits per heavy atom. The molecule has 1 saturated heterocycles. The van der Waals surface area contributed by atoms with Gasteiger partial charge in [0.15, 0.2) is 0 Å². The van der Waals surface area contributed by atoms with Crippen molar-refractivity contribution in [3.05, 3.63) is 52.3 Å². The summed E-state index contributed by atoms with van der Waals surface area (Å²) < 4.78 is 7.15. The number of rotatable bonds is 8. The molecule has 6 heteroatoms. The van der Waals surface area contributed by atoms with E-state index in [0.29, 0.717) is 18.4 Å². The number of aliphatic hydroxyl groups is 1. The molecular formula is C23H30BrN3O2. The van der Waals surface area contributed by atoms with Crippen LogP contribution in [0.4, 0.5) is 5.95 Å². The van der Waals surface area contributed by atoms with Crippen molar-refractivity contribution in [3.63, 3.8) is 0 Å². The molecular weight excluding hydrogens is 430 g/mol. The van der Waals surface area contributed by atoms with Gasteiger partial charge in [-0.2, -0.15) is 0 Å². The molecule has 1 aliphatic heterocycles. The average molecular weight is 460 g/mol. The number of ether oxygens (including phenoxy) is 1. The zero-order chi connectivity index (χ0) is 20.2. The maximum Gasteiger partial charge on any atom is 0.225 e. The Balaban J connectivity index is 1.24. The highest BCUT2D eigenvalue weighted by Crippen LogP contribution is 2.50. The maximum atomic E-state index is 9.85. The van der Waals surface area contributed by atoms with Gasteiger partial charge in [-0.1, -0.05) is 35.0 Å². The van der Waals surface area contributed by atoms with Crippen molar-refractivity contribution in [2.45, 2.75) is 45.3 Å². The molecule has 0 bridgehead atoms. The number of benzene rings is 1. The smallest absolute Gasteiger partial charge is 0.225 e. The topological polar surface area (TPSA) is 58.5 Å². The first-order valence-corrected chi connectivity index (χ1v) is 11.5. The number of halogens is 1. The van der Waals surface area contributed by atoms with E-state index in [4.69, 9.17) is 4.74 Å². The lowest BCUT2D eigenvalue weighted by Gasteiger charge is -2.32. The highest BCUT2D eigenvalue weighted by Gasteiger charge is 2.48. The van der Waals surface area contributed by atoms with Gasteiger partial charge in [-0.15, -0.1) is 0 Å². The summed E-state index contributed by atoms with van der Waals surface area (Å²) in [5.41, 5.74) is 2.33. The van der Waals surface area contributed by atoms with E-state index in [9.17, 15) is 5.11 Å². The Hall–Kier alpha value is -1.50. The third-order valence-electron chi connectivity index (χ3n) is 6.45. The summed E-state index contributed by atoms with van der Waals surface area (Å²) in [6.07, 6.45) is 8.33. The van der Waals surface area contributed by atoms with Crippen LogP contribution in [-0.2, 0) is 17.8 Å². The molecule has 156 valence electrons. The van der Waals surface area contributed by atoms with E-state index >= 15 is 0 Å². The fraction of sp³-hybridized carbons (Fsp3) is 0.565. The molecule has 0 spiro atoms. The SMILES string of the molecule is CCc1cnc(N2CCC([C@H]3C[C@H]3[C@H](CO)OCc3ccc(Br)cc3)CC2)nc1. The molecule has 1 aromatic carbocycles. The van der Waals surface area contributed by atoms with Gasteiger partial charge in [-0.3, -0.25) is 0 Å². The molecule has 0 unspecified atom stereocenters. The number of piperidine rings is 1. The molecule has 2 heterocycles. The van der Waals surface area contributed by atoms with Crippen LogP contribution in [0.5, 0.6) is 0 Å². The van der Waals surface area contributed by atoms with Crippen molar-refractivity contribution < 1.29 is 9.84 Å². The van der Waals surface area contributed by atoms with Crippen molar-refractivity contribution in [2.24, 2.45) is 17.8 Å². The molecule has 0 amide bonds. The van der Waals surface area contributed by atoms with E-state index in [0.717, 1.165) is 41.4 Å². The molecule has 3 atom stereocenters. The molecule has 1 aromatic heterocycles. The molecule has 2 aliphatic rings. The first-order chi connectivity index (χ1) is 14.2. The lowest BCUT2D eigenvalue weighted by Crippen LogP contribution is -2.36. The second-order valence-corrected chi connectivity index (χ2v) is 9.21. The molecule has 29 heavy (non-hydrogen) atoms. The van der Waals surface area contributed by atoms with Crippen LogP contribution in [0, 0.1) is 17.8 Å². The molecule has 4 rings (SSSR count). The standard InChI is InChI=1S/C23H30BrN3O2/c1-2-16-12-25-23(26-13-16)27-9-7-18(8-10-27)20-11-21(20)22(14-28)29-15-17-3-5-19(24)6-4-17/h3-6,12-13,18,20-22,28H,2,7-11,14-15H2,1H3/t20-,21-,22+/m1/s1. The summed E-state index contributed by atoms with van der Waals surface area (Å²) in [5, 5.41) is 9.85. The van der Waals surface area contributed by atoms with E-state index in [2.05, 4.69) is 49.9 Å². The van der Waals surface area contributed by atoms with E-state index in [1.54, 1.807) is 0 Å². The van der Waals surface area contributed by atoms with Crippen molar-refractivity contribution in [1.29, 1.82) is 0 Å². The summed E-state index contributed by atoms with van der Waals surface area (Å²) in [7, 11) is 0. The van der Waals surface area contributed by atoms with Crippen LogP contribution in [0.2, 0.25) is 0 Å². The van der Waals surface area contributed by atoms with Crippen molar-refractivity contribution in [3.8, 4) is 0 Å². The number of aliphatic hydroxyl groups excluding tert-OH is 1. The fourth-order valence-electron chi connectivity index (χ4n) is 4.52. The first-order valence-electron chi connectivity index (χ1n) is 10.7. The number of aromatic nitrogens is 2. The maximum absolute atomic E-state index is 9.85. The predicted octanol–water partition coefficient (Wildman–Crippen LogP) is 4.23. The normalized spacial score (nSPS) is 23.2. The van der Waals surface area contributed by atoms with Gasteiger partial charge in [-0.05, 0) is 66.7 Å². The van der Waals surface area contributed by atoms with Gasteiger partial charge in [0.1, 0.15) is 0 Å². The number of hydrogen-bond acceptors (Lipinski definition) is 5. The van der Waals surface area contributed by atoms with Crippen molar-refractivity contribution in [2.75, 3.05) is 24.6 Å². The highest BCUT2D eigenvalue weighted by atomic mass is 79.9. The molecule has 1 aliphatic carbocycles. The van der Waals surface area contributed by atoms with Crippen molar-refractivity contribution >= 4 is 21.9 Å². The van der Waals surface area contributed by atoms with Gasteiger partial charge in [0.2, 0.25) is 5.95 Å². The van der Waals surface area contributed by atoms with Crippen LogP contribution in [0.3, 0.4) is 0 Å². The summed E-state index contributed by atoms with van der Waals surface area (Å²) in [6.45, 7) is 4.82. The van der Waals surface area contributed by atoms with Gasteiger partial charge in [0.25, 0.3) is 0 Å². The van der Waals surface area contributed by atoms with Gasteiger partial charge in [-0.25, -0.2) is 9.97 Å². The molecule has 2 fully saturated rings. The van der Waals surface area contributed by atoms with Gasteiger partial charge >= 0.3 is 0 Å². The molecule has 5 nitrogen and oxygen atoms in total. The second-order valence-electron chi connectivity index (χ2n) is 8.29. The fourth-order valence-corrected chi connectivity index (χ4v) is 4.79. The van der Waals surface area contributed by atoms with E-state index in [1.165, 1.54) is 24.8 Å². The third-order valence-corrected chi connectivity index (χ3v) is 6.98. The van der Waals surface area contributed by atoms with Crippen LogP contribution in [0.1, 0.15) is 37.3 Å². The summed E-state index contributed by atoms with van der Waals surface area (Å²) in [4.78, 5) is 11.4. The number of aryl methyl sites for hydroxylation is 1. The second kappa shape index (κ2) is 9.54. The van der Waals surface area contributed by atoms with Gasteiger partial charge in [0.05, 0.1) is 19.3 Å². The first kappa shape index (κ1) is 20.8. The number of anilines is 1. The molecule has 0 radical (unpaired) electrons. The molecule has 1 saturated carbocycles. The summed E-state index contributed by atoms with van der Waals surface area (Å²) in [5.74, 6) is 2.75. The van der Waals surface area contributed by atoms with Gasteiger partial charge in [0, 0.05) is 30.0 Å². The Bertz CT molecular complexity index is 776. The number of hydrogen-bond donors (Lipinski definition) is 1. The quantitative estimate of drug-likeness (QED) is 0.639. The third kappa shape index (κ3) is 5.16. The van der Waals surface area contributed by atoms with Crippen LogP contribution < -0.4 is 4.90 Å². The van der Waals surface area contributed by atoms with Crippen LogP contribution in [0.15, 0.2) is 41.1 Å². The van der Waals surface area contributed by atoms with E-state index < -0.39 is 0 Å². The van der Waals surface area contributed by atoms with Gasteiger partial charge < -0.3 is 14.7 Å². The van der Waals surface area contributed by atoms with E-state index in [1.807, 2.05) is 24.5 Å². The largest absolute Gasteiger partial charge is 0.394 e. The minimum Gasteiger partial charge on any atom is -0.394 e. The monoisotopic (exact) mass is 459 g/mol. The Morgan fingerprint density at radius 2 is 1.83 bits per heavy atom. The molecule has 2 aromatic rings. The highest BCUT2D eigenvalue weighted by molar-refractivity contribution is 9.10. The summed E-state index contributed by atoms with van der Waals surface area (Å²) in [6, 6.07) is 8.18. The Labute approximate surface area is 181 Å². The lowest BCUT2D eigenvalue weighted by molar-refractivity contribution is -0.0157. The van der Waals surface area contributed by atoms with Crippen LogP contribution >= 0.6 is 15.9 Å². The van der Waals surface area contributed by atoms with E-state index in [-0.39, 0.29) is 12.7 Å². The Kier molecular flexibility index (Phi) is 6.83. The average Bonchev–Trinajstić information content (AvgIpc) is 3.56. The minimum absolute atomic E-state index is 0.0494. The Morgan fingerprint density at radius 3 is 2.45 bits per heavy atom. The van der Waals surface area contributed by atoms with Crippen LogP contribution in [0.25, 0.3) is 0 Å². The minimum atomic E-state index is -0.0494. The number of nitrogens with zero attached hydrogens (tertiary/aromatic N) is 3. The zero-order valence-corrected chi connectivity index (χ0v) is 18.6. The molecule has 1 N–H and O–H groups in total. The van der Waals surface area contributed by atoms with Crippen molar-refractivity contribution in [1.82, 2.24) is 9.97 Å². The zero-order valence-electron chi connectivity index (χ0n) is 17.0. The van der Waals surface area contributed by atoms with Crippen LogP contribution in [-0.4, -0.2) is 40.9 Å². The lowest BCUT2D eigenvalue weighted by atomic mass is 9.90. The summed E-state index contributed by atoms with van der Waals surface area (Å²) >= 11 is 3.46.